The van der Waals surface area contributed by atoms with Crippen molar-refractivity contribution in [3.8, 4) is 0 Å². The number of likely N-dealkylation sites (tertiary alicyclic amines) is 1. The Morgan fingerprint density at radius 3 is 2.43 bits per heavy atom. The van der Waals surface area contributed by atoms with Crippen LogP contribution in [0.3, 0.4) is 0 Å². The Morgan fingerprint density at radius 2 is 1.76 bits per heavy atom. The largest absolute Gasteiger partial charge is 0.338 e. The summed E-state index contributed by atoms with van der Waals surface area (Å²) in [6.45, 7) is 3.68. The third-order valence-electron chi connectivity index (χ3n) is 4.29. The Kier molecular flexibility index (Phi) is 4.05. The first-order chi connectivity index (χ1) is 10.2. The van der Waals surface area contributed by atoms with Crippen LogP contribution in [0, 0.1) is 6.92 Å². The van der Waals surface area contributed by atoms with Crippen molar-refractivity contribution in [1.82, 2.24) is 4.90 Å². The molecule has 3 rings (SSSR count). The van der Waals surface area contributed by atoms with E-state index in [9.17, 15) is 4.79 Å². The Labute approximate surface area is 126 Å². The second-order valence-electron chi connectivity index (χ2n) is 5.90. The third kappa shape index (κ3) is 3.33. The molecule has 1 atom stereocenters. The van der Waals surface area contributed by atoms with Crippen LogP contribution < -0.4 is 0 Å². The molecule has 1 heterocycles. The number of aryl methyl sites for hydroxylation is 1. The van der Waals surface area contributed by atoms with Crippen LogP contribution in [-0.4, -0.2) is 17.4 Å². The molecule has 1 saturated heterocycles. The van der Waals surface area contributed by atoms with Crippen molar-refractivity contribution in [1.29, 1.82) is 0 Å². The molecule has 2 nitrogen and oxygen atoms in total. The summed E-state index contributed by atoms with van der Waals surface area (Å²) in [6.07, 6.45) is 1.69. The Balaban J connectivity index is 1.64. The first-order valence-electron chi connectivity index (χ1n) is 7.60. The number of hydrogen-bond acceptors (Lipinski definition) is 1. The van der Waals surface area contributed by atoms with E-state index in [2.05, 4.69) is 43.3 Å². The first-order valence-corrected chi connectivity index (χ1v) is 7.60. The van der Waals surface area contributed by atoms with Gasteiger partial charge >= 0.3 is 0 Å². The normalized spacial score (nSPS) is 18.8. The topological polar surface area (TPSA) is 20.3 Å². The van der Waals surface area contributed by atoms with E-state index in [0.717, 1.165) is 19.5 Å². The highest BCUT2D eigenvalue weighted by Gasteiger charge is 2.26. The molecule has 1 amide bonds. The van der Waals surface area contributed by atoms with Crippen LogP contribution in [0.1, 0.15) is 35.4 Å². The van der Waals surface area contributed by atoms with Gasteiger partial charge in [-0.2, -0.15) is 0 Å². The van der Waals surface area contributed by atoms with Crippen LogP contribution in [-0.2, 0) is 11.3 Å². The minimum absolute atomic E-state index is 0.274. The fraction of sp³-hybridized carbons (Fsp3) is 0.316. The van der Waals surface area contributed by atoms with Crippen molar-refractivity contribution in [3.05, 3.63) is 71.3 Å². The lowest BCUT2D eigenvalue weighted by atomic mass is 9.88. The molecule has 108 valence electrons. The maximum Gasteiger partial charge on any atom is 0.223 e. The molecule has 0 spiro atoms. The molecular weight excluding hydrogens is 258 g/mol. The molecule has 0 radical (unpaired) electrons. The van der Waals surface area contributed by atoms with E-state index in [1.54, 1.807) is 0 Å². The summed E-state index contributed by atoms with van der Waals surface area (Å²) in [6, 6.07) is 18.8. The Hall–Kier alpha value is -2.09. The summed E-state index contributed by atoms with van der Waals surface area (Å²) < 4.78 is 0. The fourth-order valence-electron chi connectivity index (χ4n) is 2.97. The molecule has 1 aliphatic heterocycles. The SMILES string of the molecule is Cc1ccc(C2CCN(Cc3ccccc3)C(=O)C2)cc1. The molecule has 0 aliphatic carbocycles. The second-order valence-corrected chi connectivity index (χ2v) is 5.90. The molecule has 0 N–H and O–H groups in total. The minimum Gasteiger partial charge on any atom is -0.338 e. The van der Waals surface area contributed by atoms with Crippen molar-refractivity contribution in [2.24, 2.45) is 0 Å². The number of carbonyl (C=O) groups is 1. The van der Waals surface area contributed by atoms with Gasteiger partial charge in [0.2, 0.25) is 5.91 Å². The monoisotopic (exact) mass is 279 g/mol. The second kappa shape index (κ2) is 6.13. The summed E-state index contributed by atoms with van der Waals surface area (Å²) in [4.78, 5) is 14.4. The minimum atomic E-state index is 0.274. The number of rotatable bonds is 3. The van der Waals surface area contributed by atoms with Crippen molar-refractivity contribution >= 4 is 5.91 Å². The Morgan fingerprint density at radius 1 is 1.05 bits per heavy atom. The van der Waals surface area contributed by atoms with Gasteiger partial charge in [0.25, 0.3) is 0 Å². The van der Waals surface area contributed by atoms with Gasteiger partial charge in [-0.1, -0.05) is 60.2 Å². The predicted molar refractivity (Wildman–Crippen MR) is 85.0 cm³/mol. The average Bonchev–Trinajstić information content (AvgIpc) is 2.51. The molecule has 0 aromatic heterocycles. The van der Waals surface area contributed by atoms with Crippen molar-refractivity contribution in [2.75, 3.05) is 6.54 Å². The molecule has 1 fully saturated rings. The highest BCUT2D eigenvalue weighted by Crippen LogP contribution is 2.29. The first kappa shape index (κ1) is 13.9. The molecule has 2 aromatic rings. The van der Waals surface area contributed by atoms with Gasteiger partial charge in [0.05, 0.1) is 0 Å². The highest BCUT2D eigenvalue weighted by atomic mass is 16.2. The van der Waals surface area contributed by atoms with Gasteiger partial charge in [0.15, 0.2) is 0 Å². The lowest BCUT2D eigenvalue weighted by Gasteiger charge is -2.32. The molecular formula is C19H21NO. The number of amides is 1. The van der Waals surface area contributed by atoms with Gasteiger partial charge in [-0.15, -0.1) is 0 Å². The van der Waals surface area contributed by atoms with Crippen LogP contribution >= 0.6 is 0 Å². The molecule has 0 bridgehead atoms. The lowest BCUT2D eigenvalue weighted by Crippen LogP contribution is -2.37. The van der Waals surface area contributed by atoms with Crippen molar-refractivity contribution < 1.29 is 4.79 Å². The summed E-state index contributed by atoms with van der Waals surface area (Å²) >= 11 is 0. The van der Waals surface area contributed by atoms with Gasteiger partial charge in [-0.25, -0.2) is 0 Å². The predicted octanol–water partition coefficient (Wildman–Crippen LogP) is 3.90. The van der Waals surface area contributed by atoms with Crippen LogP contribution in [0.15, 0.2) is 54.6 Å². The zero-order valence-electron chi connectivity index (χ0n) is 12.5. The lowest BCUT2D eigenvalue weighted by molar-refractivity contribution is -0.134. The van der Waals surface area contributed by atoms with Crippen LogP contribution in [0.5, 0.6) is 0 Å². The number of benzene rings is 2. The zero-order valence-corrected chi connectivity index (χ0v) is 12.5. The molecule has 2 heteroatoms. The van der Waals surface area contributed by atoms with E-state index in [4.69, 9.17) is 0 Å². The number of piperidine rings is 1. The zero-order chi connectivity index (χ0) is 14.7. The van der Waals surface area contributed by atoms with E-state index in [1.165, 1.54) is 16.7 Å². The van der Waals surface area contributed by atoms with E-state index in [1.807, 2.05) is 23.1 Å². The van der Waals surface area contributed by atoms with Crippen LogP contribution in [0.4, 0.5) is 0 Å². The summed E-state index contributed by atoms with van der Waals surface area (Å²) in [5, 5.41) is 0. The number of nitrogens with zero attached hydrogens (tertiary/aromatic N) is 1. The van der Waals surface area contributed by atoms with Gasteiger partial charge < -0.3 is 4.90 Å². The fourth-order valence-corrected chi connectivity index (χ4v) is 2.97. The average molecular weight is 279 g/mol. The Bertz CT molecular complexity index is 603. The van der Waals surface area contributed by atoms with Gasteiger partial charge in [0, 0.05) is 19.5 Å². The van der Waals surface area contributed by atoms with Gasteiger partial charge in [-0.05, 0) is 30.4 Å². The molecule has 21 heavy (non-hydrogen) atoms. The van der Waals surface area contributed by atoms with Crippen molar-refractivity contribution in [2.45, 2.75) is 32.2 Å². The smallest absolute Gasteiger partial charge is 0.223 e. The third-order valence-corrected chi connectivity index (χ3v) is 4.29. The maximum absolute atomic E-state index is 12.4. The molecule has 0 saturated carbocycles. The van der Waals surface area contributed by atoms with E-state index in [0.29, 0.717) is 12.3 Å². The summed E-state index contributed by atoms with van der Waals surface area (Å²) in [5.41, 5.74) is 3.78. The van der Waals surface area contributed by atoms with Gasteiger partial charge in [0.1, 0.15) is 0 Å². The van der Waals surface area contributed by atoms with Crippen molar-refractivity contribution in [3.63, 3.8) is 0 Å². The van der Waals surface area contributed by atoms with E-state index >= 15 is 0 Å². The maximum atomic E-state index is 12.4. The summed E-state index contributed by atoms with van der Waals surface area (Å²) in [7, 11) is 0. The van der Waals surface area contributed by atoms with Crippen LogP contribution in [0.2, 0.25) is 0 Å². The number of hydrogen-bond donors (Lipinski definition) is 0. The van der Waals surface area contributed by atoms with Gasteiger partial charge in [-0.3, -0.25) is 4.79 Å². The molecule has 1 aliphatic rings. The van der Waals surface area contributed by atoms with E-state index in [-0.39, 0.29) is 5.91 Å². The number of carbonyl (C=O) groups excluding carboxylic acids is 1. The van der Waals surface area contributed by atoms with E-state index < -0.39 is 0 Å². The highest BCUT2D eigenvalue weighted by molar-refractivity contribution is 5.78. The quantitative estimate of drug-likeness (QED) is 0.834. The summed E-state index contributed by atoms with van der Waals surface area (Å²) in [5.74, 6) is 0.654. The molecule has 1 unspecified atom stereocenters. The van der Waals surface area contributed by atoms with Crippen LogP contribution in [0.25, 0.3) is 0 Å². The standard InChI is InChI=1S/C19H21NO/c1-15-7-9-17(10-8-15)18-11-12-20(19(21)13-18)14-16-5-3-2-4-6-16/h2-10,18H,11-14H2,1H3. The molecule has 2 aromatic carbocycles.